The van der Waals surface area contributed by atoms with Crippen molar-refractivity contribution in [3.05, 3.63) is 137 Å². The van der Waals surface area contributed by atoms with Crippen LogP contribution in [0.15, 0.2) is 126 Å². The van der Waals surface area contributed by atoms with Crippen LogP contribution < -0.4 is 5.32 Å². The van der Waals surface area contributed by atoms with E-state index in [1.165, 1.54) is 11.1 Å². The number of rotatable bonds is 8. The van der Waals surface area contributed by atoms with Gasteiger partial charge in [-0.1, -0.05) is 99.0 Å². The summed E-state index contributed by atoms with van der Waals surface area (Å²) in [7, 11) is 0. The number of allylic oxidation sites excluding steroid dienone is 11. The molecule has 1 N–H and O–H groups in total. The second kappa shape index (κ2) is 11.8. The van der Waals surface area contributed by atoms with Crippen LogP contribution in [0.4, 0.5) is 0 Å². The number of benzene rings is 1. The smallest absolute Gasteiger partial charge is 0.0406 e. The number of hydrogen-bond donors (Lipinski definition) is 1. The highest BCUT2D eigenvalue weighted by Crippen LogP contribution is 2.35. The second-order valence-corrected chi connectivity index (χ2v) is 7.36. The lowest BCUT2D eigenvalue weighted by molar-refractivity contribution is 0.870. The van der Waals surface area contributed by atoms with E-state index in [0.29, 0.717) is 0 Å². The summed E-state index contributed by atoms with van der Waals surface area (Å²) >= 11 is 5.99. The molecule has 0 unspecified atom stereocenters. The first-order chi connectivity index (χ1) is 14.5. The summed E-state index contributed by atoms with van der Waals surface area (Å²) in [6.45, 7) is 16.6. The highest BCUT2D eigenvalue weighted by molar-refractivity contribution is 6.30. The van der Waals surface area contributed by atoms with Crippen molar-refractivity contribution in [1.82, 2.24) is 5.32 Å². The van der Waals surface area contributed by atoms with Gasteiger partial charge in [-0.05, 0) is 53.8 Å². The van der Waals surface area contributed by atoms with Crippen molar-refractivity contribution in [3.8, 4) is 0 Å². The largest absolute Gasteiger partial charge is 0.359 e. The standard InChI is InChI=1S/C28H30ClN/c1-6-9-10-13-26-20-27(24(11-7-2)12-8-3)28(22(5)30-26)21(4)14-15-23-16-18-25(29)19-17-23/h6-7,9-19,30H,1,4-5,8,20H2,2-3H3/b10-9-,11-7-,15-14+,24-12+,26-13+. The van der Waals surface area contributed by atoms with E-state index in [1.54, 1.807) is 6.08 Å². The molecule has 1 heterocycles. The average molecular weight is 416 g/mol. The minimum atomic E-state index is 0.728. The van der Waals surface area contributed by atoms with Crippen LogP contribution in [-0.4, -0.2) is 0 Å². The van der Waals surface area contributed by atoms with E-state index >= 15 is 0 Å². The van der Waals surface area contributed by atoms with E-state index in [-0.39, 0.29) is 0 Å². The Morgan fingerprint density at radius 1 is 1.17 bits per heavy atom. The average Bonchev–Trinajstić information content (AvgIpc) is 2.73. The van der Waals surface area contributed by atoms with E-state index in [0.717, 1.165) is 46.0 Å². The van der Waals surface area contributed by atoms with Gasteiger partial charge in [0.05, 0.1) is 0 Å². The maximum Gasteiger partial charge on any atom is 0.0406 e. The monoisotopic (exact) mass is 415 g/mol. The Kier molecular flexibility index (Phi) is 9.18. The molecule has 0 amide bonds. The first kappa shape index (κ1) is 23.3. The number of nitrogens with one attached hydrogen (secondary N) is 1. The van der Waals surface area contributed by atoms with Crippen LogP contribution in [0.2, 0.25) is 5.02 Å². The molecule has 154 valence electrons. The molecule has 1 nitrogen and oxygen atoms in total. The maximum atomic E-state index is 5.99. The molecular formula is C28H30ClN. The zero-order valence-corrected chi connectivity index (χ0v) is 18.7. The molecule has 1 aliphatic heterocycles. The first-order valence-corrected chi connectivity index (χ1v) is 10.5. The minimum Gasteiger partial charge on any atom is -0.359 e. The molecule has 0 aromatic heterocycles. The Morgan fingerprint density at radius 3 is 2.53 bits per heavy atom. The van der Waals surface area contributed by atoms with Gasteiger partial charge < -0.3 is 5.32 Å². The Balaban J connectivity index is 2.49. The highest BCUT2D eigenvalue weighted by atomic mass is 35.5. The van der Waals surface area contributed by atoms with Crippen LogP contribution >= 0.6 is 11.6 Å². The SMILES string of the molecule is C=C/C=C\C=C1/CC(C(/C=C\C)=C/CC)=C(C(=C)/C=C/c2ccc(Cl)cc2)C(=C)N1. The van der Waals surface area contributed by atoms with Gasteiger partial charge in [0.2, 0.25) is 0 Å². The maximum absolute atomic E-state index is 5.99. The van der Waals surface area contributed by atoms with Crippen LogP contribution in [0.3, 0.4) is 0 Å². The Labute approximate surface area is 186 Å². The molecule has 0 aliphatic carbocycles. The van der Waals surface area contributed by atoms with E-state index in [9.17, 15) is 0 Å². The molecular weight excluding hydrogens is 386 g/mol. The fourth-order valence-corrected chi connectivity index (χ4v) is 3.42. The number of halogens is 1. The van der Waals surface area contributed by atoms with Crippen molar-refractivity contribution in [3.63, 3.8) is 0 Å². The predicted octanol–water partition coefficient (Wildman–Crippen LogP) is 8.25. The third-order valence-corrected chi connectivity index (χ3v) is 4.87. The van der Waals surface area contributed by atoms with Crippen molar-refractivity contribution in [2.45, 2.75) is 26.7 Å². The van der Waals surface area contributed by atoms with Gasteiger partial charge in [0.1, 0.15) is 0 Å². The third-order valence-electron chi connectivity index (χ3n) is 4.61. The molecule has 0 fully saturated rings. The lowest BCUT2D eigenvalue weighted by Crippen LogP contribution is -2.22. The fraction of sp³-hybridized carbons (Fsp3) is 0.143. The summed E-state index contributed by atoms with van der Waals surface area (Å²) in [4.78, 5) is 0. The van der Waals surface area contributed by atoms with Gasteiger partial charge in [-0.25, -0.2) is 0 Å². The van der Waals surface area contributed by atoms with E-state index < -0.39 is 0 Å². The van der Waals surface area contributed by atoms with Crippen LogP contribution in [0.25, 0.3) is 6.08 Å². The Hall–Kier alpha value is -3.03. The summed E-state index contributed by atoms with van der Waals surface area (Å²) in [6, 6.07) is 7.75. The molecule has 1 aromatic carbocycles. The molecule has 0 saturated heterocycles. The normalized spacial score (nSPS) is 16.8. The van der Waals surface area contributed by atoms with Gasteiger partial charge in [-0.2, -0.15) is 0 Å². The number of hydrogen-bond acceptors (Lipinski definition) is 1. The Morgan fingerprint density at radius 2 is 1.90 bits per heavy atom. The summed E-state index contributed by atoms with van der Waals surface area (Å²) in [5, 5.41) is 4.17. The van der Waals surface area contributed by atoms with Crippen molar-refractivity contribution in [2.75, 3.05) is 0 Å². The Bertz CT molecular complexity index is 976. The van der Waals surface area contributed by atoms with Gasteiger partial charge in [0, 0.05) is 28.4 Å². The van der Waals surface area contributed by atoms with Gasteiger partial charge in [-0.3, -0.25) is 0 Å². The van der Waals surface area contributed by atoms with Crippen molar-refractivity contribution < 1.29 is 0 Å². The molecule has 0 radical (unpaired) electrons. The van der Waals surface area contributed by atoms with Crippen LogP contribution in [0, 0.1) is 0 Å². The molecule has 2 rings (SSSR count). The van der Waals surface area contributed by atoms with Crippen molar-refractivity contribution >= 4 is 17.7 Å². The second-order valence-electron chi connectivity index (χ2n) is 6.92. The molecule has 1 aliphatic rings. The quantitative estimate of drug-likeness (QED) is 0.421. The van der Waals surface area contributed by atoms with Crippen LogP contribution in [-0.2, 0) is 0 Å². The van der Waals surface area contributed by atoms with Crippen LogP contribution in [0.5, 0.6) is 0 Å². The molecule has 0 atom stereocenters. The summed E-state index contributed by atoms with van der Waals surface area (Å²) in [6.07, 6.45) is 20.0. The molecule has 1 aromatic rings. The predicted molar refractivity (Wildman–Crippen MR) is 134 cm³/mol. The van der Waals surface area contributed by atoms with Crippen molar-refractivity contribution in [2.24, 2.45) is 0 Å². The lowest BCUT2D eigenvalue weighted by Gasteiger charge is -2.27. The zero-order valence-electron chi connectivity index (χ0n) is 17.9. The van der Waals surface area contributed by atoms with Crippen molar-refractivity contribution in [1.29, 1.82) is 0 Å². The lowest BCUT2D eigenvalue weighted by atomic mass is 9.86. The van der Waals surface area contributed by atoms with Crippen LogP contribution in [0.1, 0.15) is 32.3 Å². The molecule has 2 heteroatoms. The highest BCUT2D eigenvalue weighted by Gasteiger charge is 2.21. The van der Waals surface area contributed by atoms with E-state index in [1.807, 2.05) is 55.5 Å². The summed E-state index contributed by atoms with van der Waals surface area (Å²) < 4.78 is 0. The zero-order chi connectivity index (χ0) is 21.9. The first-order valence-electron chi connectivity index (χ1n) is 10.1. The summed E-state index contributed by atoms with van der Waals surface area (Å²) in [5.41, 5.74) is 7.43. The fourth-order valence-electron chi connectivity index (χ4n) is 3.29. The van der Waals surface area contributed by atoms with E-state index in [4.69, 9.17) is 11.6 Å². The van der Waals surface area contributed by atoms with Gasteiger partial charge in [0.15, 0.2) is 0 Å². The summed E-state index contributed by atoms with van der Waals surface area (Å²) in [5.74, 6) is 0. The van der Waals surface area contributed by atoms with Gasteiger partial charge in [-0.15, -0.1) is 0 Å². The minimum absolute atomic E-state index is 0.728. The molecule has 0 bridgehead atoms. The van der Waals surface area contributed by atoms with E-state index in [2.05, 4.69) is 56.3 Å². The van der Waals surface area contributed by atoms with Gasteiger partial charge in [0.25, 0.3) is 0 Å². The topological polar surface area (TPSA) is 12.0 Å². The molecule has 0 spiro atoms. The molecule has 0 saturated carbocycles. The molecule has 30 heavy (non-hydrogen) atoms. The third kappa shape index (κ3) is 6.50. The van der Waals surface area contributed by atoms with Gasteiger partial charge >= 0.3 is 0 Å².